The van der Waals surface area contributed by atoms with Gasteiger partial charge in [0.15, 0.2) is 5.11 Å². The molecule has 214 valence electrons. The topological polar surface area (TPSA) is 117 Å². The first-order valence-corrected chi connectivity index (χ1v) is 15.3. The third kappa shape index (κ3) is 6.80. The van der Waals surface area contributed by atoms with Gasteiger partial charge < -0.3 is 20.3 Å². The van der Waals surface area contributed by atoms with Crippen LogP contribution in [0.4, 0.5) is 16.4 Å². The van der Waals surface area contributed by atoms with E-state index < -0.39 is 16.0 Å². The molecule has 0 spiro atoms. The van der Waals surface area contributed by atoms with Gasteiger partial charge in [-0.1, -0.05) is 17.7 Å². The molecule has 3 aromatic rings. The second-order valence-electron chi connectivity index (χ2n) is 9.21. The number of methoxy groups -OCH3 is 1. The summed E-state index contributed by atoms with van der Waals surface area (Å²) in [6.45, 7) is 12.2. The zero-order chi connectivity index (χ0) is 29.8. The van der Waals surface area contributed by atoms with Crippen molar-refractivity contribution in [2.45, 2.75) is 46.4 Å². The number of nitrogens with zero attached hydrogens (tertiary/aromatic N) is 1. The number of thiocarbonyl (C=S) groups is 1. The molecule has 40 heavy (non-hydrogen) atoms. The van der Waals surface area contributed by atoms with Crippen molar-refractivity contribution in [1.29, 1.82) is 0 Å². The molecule has 1 aromatic heterocycles. The van der Waals surface area contributed by atoms with E-state index in [-0.39, 0.29) is 21.5 Å². The van der Waals surface area contributed by atoms with E-state index in [0.717, 1.165) is 28.0 Å². The van der Waals surface area contributed by atoms with Gasteiger partial charge in [0.1, 0.15) is 5.00 Å². The summed E-state index contributed by atoms with van der Waals surface area (Å²) in [6.07, 6.45) is 0. The Labute approximate surface area is 245 Å². The summed E-state index contributed by atoms with van der Waals surface area (Å²) in [4.78, 5) is 27.8. The average molecular weight is 603 g/mol. The van der Waals surface area contributed by atoms with E-state index in [1.54, 1.807) is 24.0 Å². The number of hydrogen-bond donors (Lipinski definition) is 3. The van der Waals surface area contributed by atoms with Crippen LogP contribution in [0.15, 0.2) is 41.3 Å². The summed E-state index contributed by atoms with van der Waals surface area (Å²) in [6, 6.07) is 9.98. The molecule has 0 fully saturated rings. The van der Waals surface area contributed by atoms with Crippen molar-refractivity contribution >= 4 is 66.9 Å². The lowest BCUT2D eigenvalue weighted by Crippen LogP contribution is -2.30. The highest BCUT2D eigenvalue weighted by molar-refractivity contribution is 7.92. The van der Waals surface area contributed by atoms with Crippen molar-refractivity contribution in [3.05, 3.63) is 69.1 Å². The predicted molar refractivity (Wildman–Crippen MR) is 165 cm³/mol. The van der Waals surface area contributed by atoms with Crippen LogP contribution in [0.1, 0.15) is 56.1 Å². The smallest absolute Gasteiger partial charge is 0.341 e. The number of sulfonamides is 1. The highest BCUT2D eigenvalue weighted by Crippen LogP contribution is 2.35. The molecule has 0 aliphatic rings. The van der Waals surface area contributed by atoms with Gasteiger partial charge in [-0.25, -0.2) is 13.2 Å². The molecular weight excluding hydrogens is 569 g/mol. The Bertz CT molecular complexity index is 1520. The lowest BCUT2D eigenvalue weighted by molar-refractivity contribution is 0.0601. The third-order valence-electron chi connectivity index (χ3n) is 6.34. The largest absolute Gasteiger partial charge is 0.465 e. The number of anilines is 3. The minimum Gasteiger partial charge on any atom is -0.465 e. The Hall–Kier alpha value is -3.48. The van der Waals surface area contributed by atoms with Gasteiger partial charge in [0.05, 0.1) is 28.1 Å². The summed E-state index contributed by atoms with van der Waals surface area (Å²) in [7, 11) is -2.54. The summed E-state index contributed by atoms with van der Waals surface area (Å²) in [5, 5.41) is 6.53. The number of rotatable bonds is 9. The fourth-order valence-electron chi connectivity index (χ4n) is 4.32. The van der Waals surface area contributed by atoms with Gasteiger partial charge in [-0.2, -0.15) is 0 Å². The van der Waals surface area contributed by atoms with Gasteiger partial charge in [-0.15, -0.1) is 11.3 Å². The van der Waals surface area contributed by atoms with Crippen LogP contribution in [0.3, 0.4) is 0 Å². The van der Waals surface area contributed by atoms with Crippen LogP contribution in [-0.4, -0.2) is 50.5 Å². The number of carbonyl (C=O) groups is 2. The molecular formula is C28H34N4O5S3. The van der Waals surface area contributed by atoms with Gasteiger partial charge in [-0.3, -0.25) is 9.52 Å². The lowest BCUT2D eigenvalue weighted by atomic mass is 10.1. The van der Waals surface area contributed by atoms with Crippen LogP contribution in [0.5, 0.6) is 0 Å². The normalized spacial score (nSPS) is 11.1. The number of nitrogens with one attached hydrogen (secondary N) is 3. The summed E-state index contributed by atoms with van der Waals surface area (Å²) in [5.41, 5.74) is 4.58. The highest BCUT2D eigenvalue weighted by Gasteiger charge is 2.27. The quantitative estimate of drug-likeness (QED) is 0.206. The predicted octanol–water partition coefficient (Wildman–Crippen LogP) is 5.86. The van der Waals surface area contributed by atoms with Gasteiger partial charge in [0.25, 0.3) is 15.9 Å². The molecule has 3 N–H and O–H groups in total. The van der Waals surface area contributed by atoms with Gasteiger partial charge in [-0.05, 0) is 94.7 Å². The molecule has 3 rings (SSSR count). The fraction of sp³-hybridized carbons (Fsp3) is 0.321. The number of aryl methyl sites for hydroxylation is 3. The summed E-state index contributed by atoms with van der Waals surface area (Å²) < 4.78 is 33.7. The second-order valence-corrected chi connectivity index (χ2v) is 12.3. The first kappa shape index (κ1) is 31.1. The van der Waals surface area contributed by atoms with E-state index in [9.17, 15) is 18.0 Å². The van der Waals surface area contributed by atoms with Crippen LogP contribution >= 0.6 is 23.6 Å². The van der Waals surface area contributed by atoms with Crippen LogP contribution < -0.4 is 15.4 Å². The zero-order valence-electron chi connectivity index (χ0n) is 23.6. The number of benzene rings is 2. The van der Waals surface area contributed by atoms with Crippen molar-refractivity contribution in [3.63, 3.8) is 0 Å². The van der Waals surface area contributed by atoms with Crippen molar-refractivity contribution in [1.82, 2.24) is 4.90 Å². The SMILES string of the molecule is CCN(CC)C(=O)c1sc(NC(=S)Nc2ccc(S(=O)(=O)Nc3c(C)cc(C)cc3C)cc2)c(C(=O)OC)c1C. The molecule has 0 radical (unpaired) electrons. The first-order valence-electron chi connectivity index (χ1n) is 12.6. The maximum Gasteiger partial charge on any atom is 0.341 e. The van der Waals surface area contributed by atoms with E-state index in [1.807, 2.05) is 46.8 Å². The third-order valence-corrected chi connectivity index (χ3v) is 9.11. The molecule has 12 heteroatoms. The Kier molecular flexibility index (Phi) is 9.93. The molecule has 1 heterocycles. The number of esters is 1. The Morgan fingerprint density at radius 2 is 1.55 bits per heavy atom. The molecule has 0 saturated heterocycles. The van der Waals surface area contributed by atoms with Crippen molar-refractivity contribution in [2.24, 2.45) is 0 Å². The number of hydrogen-bond acceptors (Lipinski definition) is 7. The minimum absolute atomic E-state index is 0.0951. The van der Waals surface area contributed by atoms with Crippen LogP contribution in [-0.2, 0) is 14.8 Å². The van der Waals surface area contributed by atoms with E-state index >= 15 is 0 Å². The second kappa shape index (κ2) is 12.8. The monoisotopic (exact) mass is 602 g/mol. The summed E-state index contributed by atoms with van der Waals surface area (Å²) in [5.74, 6) is -0.759. The number of amides is 1. The minimum atomic E-state index is -3.82. The number of thiophene rings is 1. The van der Waals surface area contributed by atoms with Crippen molar-refractivity contribution in [3.8, 4) is 0 Å². The van der Waals surface area contributed by atoms with E-state index in [2.05, 4.69) is 15.4 Å². The maximum absolute atomic E-state index is 13.0. The average Bonchev–Trinajstić information content (AvgIpc) is 3.21. The Morgan fingerprint density at radius 1 is 0.975 bits per heavy atom. The molecule has 2 aromatic carbocycles. The van der Waals surface area contributed by atoms with Crippen LogP contribution in [0.25, 0.3) is 0 Å². The highest BCUT2D eigenvalue weighted by atomic mass is 32.2. The Morgan fingerprint density at radius 3 is 2.08 bits per heavy atom. The molecule has 0 saturated carbocycles. The maximum atomic E-state index is 13.0. The first-order chi connectivity index (χ1) is 18.8. The molecule has 1 amide bonds. The van der Waals surface area contributed by atoms with E-state index in [4.69, 9.17) is 17.0 Å². The van der Waals surface area contributed by atoms with Gasteiger partial charge >= 0.3 is 5.97 Å². The fourth-order valence-corrected chi connectivity index (χ4v) is 6.98. The molecule has 9 nitrogen and oxygen atoms in total. The summed E-state index contributed by atoms with van der Waals surface area (Å²) >= 11 is 6.58. The lowest BCUT2D eigenvalue weighted by Gasteiger charge is -2.18. The zero-order valence-corrected chi connectivity index (χ0v) is 26.0. The number of carbonyl (C=O) groups excluding carboxylic acids is 2. The van der Waals surface area contributed by atoms with Gasteiger partial charge in [0, 0.05) is 18.8 Å². The molecule has 0 aliphatic heterocycles. The molecule has 0 aliphatic carbocycles. The van der Waals surface area contributed by atoms with E-state index in [1.165, 1.54) is 19.2 Å². The van der Waals surface area contributed by atoms with Crippen molar-refractivity contribution < 1.29 is 22.7 Å². The molecule has 0 bridgehead atoms. The van der Waals surface area contributed by atoms with Gasteiger partial charge in [0.2, 0.25) is 0 Å². The number of ether oxygens (including phenoxy) is 1. The van der Waals surface area contributed by atoms with Crippen LogP contribution in [0.2, 0.25) is 0 Å². The molecule has 0 unspecified atom stereocenters. The van der Waals surface area contributed by atoms with Crippen LogP contribution in [0, 0.1) is 27.7 Å². The van der Waals surface area contributed by atoms with E-state index in [0.29, 0.717) is 39.9 Å². The Balaban J connectivity index is 1.79. The standard InChI is InChI=1S/C28H34N4O5S3/c1-8-32(9-2)26(33)24-19(6)22(27(34)37-7)25(39-24)30-28(38)29-20-10-12-21(13-11-20)40(35,36)31-23-17(4)14-16(3)15-18(23)5/h10-15,31H,8-9H2,1-7H3,(H2,29,30,38). The van der Waals surface area contributed by atoms with Crippen molar-refractivity contribution in [2.75, 3.05) is 35.6 Å². The molecule has 0 atom stereocenters.